The van der Waals surface area contributed by atoms with Crippen molar-refractivity contribution >= 4 is 11.9 Å². The summed E-state index contributed by atoms with van der Waals surface area (Å²) in [6.07, 6.45) is 1.38. The number of carboxylic acids is 1. The third-order valence-corrected chi connectivity index (χ3v) is 3.35. The Bertz CT molecular complexity index is 275. The van der Waals surface area contributed by atoms with E-state index in [9.17, 15) is 9.59 Å². The predicted molar refractivity (Wildman–Crippen MR) is 61.0 cm³/mol. The summed E-state index contributed by atoms with van der Waals surface area (Å²) in [7, 11) is 0. The number of rotatable bonds is 4. The standard InChI is InChI=1S/C12H21NO3/c1-4-13-10(14)6-5-9(7-11(15)16)12(13)8(2)3/h8-9,12H,4-7H2,1-3H3,(H,15,16)/t9-,12-/m1/s1. The van der Waals surface area contributed by atoms with Gasteiger partial charge in [0.25, 0.3) is 0 Å². The number of likely N-dealkylation sites (tertiary alicyclic amines) is 1. The molecule has 0 saturated carbocycles. The van der Waals surface area contributed by atoms with Gasteiger partial charge in [0.1, 0.15) is 0 Å². The summed E-state index contributed by atoms with van der Waals surface area (Å²) in [5.41, 5.74) is 0. The van der Waals surface area contributed by atoms with Gasteiger partial charge < -0.3 is 10.0 Å². The number of nitrogens with zero attached hydrogens (tertiary/aromatic N) is 1. The van der Waals surface area contributed by atoms with Gasteiger partial charge in [-0.25, -0.2) is 0 Å². The van der Waals surface area contributed by atoms with Crippen LogP contribution in [0.5, 0.6) is 0 Å². The van der Waals surface area contributed by atoms with Gasteiger partial charge in [-0.1, -0.05) is 13.8 Å². The van der Waals surface area contributed by atoms with Gasteiger partial charge in [-0.2, -0.15) is 0 Å². The molecule has 0 aromatic carbocycles. The molecule has 1 heterocycles. The molecule has 4 heteroatoms. The van der Waals surface area contributed by atoms with Crippen LogP contribution in [0.25, 0.3) is 0 Å². The van der Waals surface area contributed by atoms with Crippen molar-refractivity contribution in [2.75, 3.05) is 6.54 Å². The maximum absolute atomic E-state index is 11.8. The van der Waals surface area contributed by atoms with E-state index in [2.05, 4.69) is 13.8 Å². The van der Waals surface area contributed by atoms with E-state index < -0.39 is 5.97 Å². The zero-order valence-electron chi connectivity index (χ0n) is 10.3. The van der Waals surface area contributed by atoms with Crippen LogP contribution in [0.2, 0.25) is 0 Å². The SMILES string of the molecule is CCN1C(=O)CC[C@H](CC(=O)O)[C@H]1C(C)C. The van der Waals surface area contributed by atoms with Crippen molar-refractivity contribution < 1.29 is 14.7 Å². The predicted octanol–water partition coefficient (Wildman–Crippen LogP) is 1.74. The number of carbonyl (C=O) groups is 2. The van der Waals surface area contributed by atoms with Crippen molar-refractivity contribution in [1.29, 1.82) is 0 Å². The Morgan fingerprint density at radius 2 is 2.19 bits per heavy atom. The molecule has 92 valence electrons. The first-order chi connectivity index (χ1) is 7.47. The van der Waals surface area contributed by atoms with Crippen molar-refractivity contribution in [3.8, 4) is 0 Å². The third kappa shape index (κ3) is 2.74. The third-order valence-electron chi connectivity index (χ3n) is 3.35. The molecule has 1 aliphatic rings. The van der Waals surface area contributed by atoms with Gasteiger partial charge in [-0.3, -0.25) is 9.59 Å². The van der Waals surface area contributed by atoms with Crippen LogP contribution >= 0.6 is 0 Å². The lowest BCUT2D eigenvalue weighted by Gasteiger charge is -2.42. The fourth-order valence-corrected chi connectivity index (χ4v) is 2.78. The smallest absolute Gasteiger partial charge is 0.303 e. The number of carbonyl (C=O) groups excluding carboxylic acids is 1. The minimum absolute atomic E-state index is 0.0855. The molecule has 1 aliphatic heterocycles. The fourth-order valence-electron chi connectivity index (χ4n) is 2.78. The van der Waals surface area contributed by atoms with Gasteiger partial charge in [0.15, 0.2) is 0 Å². The van der Waals surface area contributed by atoms with E-state index in [-0.39, 0.29) is 24.3 Å². The molecule has 1 rings (SSSR count). The fraction of sp³-hybridized carbons (Fsp3) is 0.833. The van der Waals surface area contributed by atoms with Crippen molar-refractivity contribution in [3.05, 3.63) is 0 Å². The van der Waals surface area contributed by atoms with Crippen LogP contribution in [0, 0.1) is 11.8 Å². The van der Waals surface area contributed by atoms with Gasteiger partial charge in [-0.05, 0) is 25.2 Å². The molecule has 1 N–H and O–H groups in total. The number of carboxylic acid groups (broad SMARTS) is 1. The average molecular weight is 227 g/mol. The van der Waals surface area contributed by atoms with Crippen molar-refractivity contribution in [3.63, 3.8) is 0 Å². The highest BCUT2D eigenvalue weighted by molar-refractivity contribution is 5.78. The van der Waals surface area contributed by atoms with Crippen molar-refractivity contribution in [2.24, 2.45) is 11.8 Å². The topological polar surface area (TPSA) is 57.6 Å². The highest BCUT2D eigenvalue weighted by Gasteiger charge is 2.37. The lowest BCUT2D eigenvalue weighted by molar-refractivity contribution is -0.146. The summed E-state index contributed by atoms with van der Waals surface area (Å²) < 4.78 is 0. The van der Waals surface area contributed by atoms with Crippen LogP contribution in [-0.2, 0) is 9.59 Å². The maximum Gasteiger partial charge on any atom is 0.303 e. The van der Waals surface area contributed by atoms with Crippen LogP contribution in [0.4, 0.5) is 0 Å². The first-order valence-corrected chi connectivity index (χ1v) is 5.98. The van der Waals surface area contributed by atoms with E-state index in [0.717, 1.165) is 0 Å². The van der Waals surface area contributed by atoms with Gasteiger partial charge >= 0.3 is 5.97 Å². The van der Waals surface area contributed by atoms with Crippen molar-refractivity contribution in [1.82, 2.24) is 4.90 Å². The average Bonchev–Trinajstić information content (AvgIpc) is 2.18. The molecule has 0 aromatic heterocycles. The summed E-state index contributed by atoms with van der Waals surface area (Å²) in [6.45, 7) is 6.75. The normalized spacial score (nSPS) is 26.2. The second kappa shape index (κ2) is 5.32. The Labute approximate surface area is 96.6 Å². The van der Waals surface area contributed by atoms with Gasteiger partial charge in [0.2, 0.25) is 5.91 Å². The molecule has 0 unspecified atom stereocenters. The highest BCUT2D eigenvalue weighted by atomic mass is 16.4. The lowest BCUT2D eigenvalue weighted by atomic mass is 9.80. The van der Waals surface area contributed by atoms with E-state index in [1.807, 2.05) is 11.8 Å². The zero-order chi connectivity index (χ0) is 12.3. The Balaban J connectivity index is 2.83. The van der Waals surface area contributed by atoms with Crippen molar-refractivity contribution in [2.45, 2.75) is 46.1 Å². The molecule has 2 atom stereocenters. The van der Waals surface area contributed by atoms with E-state index in [0.29, 0.717) is 25.3 Å². The second-order valence-electron chi connectivity index (χ2n) is 4.81. The number of hydrogen-bond acceptors (Lipinski definition) is 2. The minimum atomic E-state index is -0.763. The number of aliphatic carboxylic acids is 1. The van der Waals surface area contributed by atoms with E-state index >= 15 is 0 Å². The molecule has 1 fully saturated rings. The van der Waals surface area contributed by atoms with Gasteiger partial charge in [0, 0.05) is 19.0 Å². The molecule has 16 heavy (non-hydrogen) atoms. The molecule has 0 spiro atoms. The van der Waals surface area contributed by atoms with E-state index in [4.69, 9.17) is 5.11 Å². The Kier molecular flexibility index (Phi) is 4.33. The van der Waals surface area contributed by atoms with Gasteiger partial charge in [0.05, 0.1) is 6.42 Å². The van der Waals surface area contributed by atoms with Gasteiger partial charge in [-0.15, -0.1) is 0 Å². The molecule has 1 amide bonds. The quantitative estimate of drug-likeness (QED) is 0.796. The number of piperidine rings is 1. The van der Waals surface area contributed by atoms with Crippen LogP contribution in [0.15, 0.2) is 0 Å². The molecule has 0 bridgehead atoms. The Morgan fingerprint density at radius 1 is 1.56 bits per heavy atom. The minimum Gasteiger partial charge on any atom is -0.481 e. The molecular formula is C12H21NO3. The highest BCUT2D eigenvalue weighted by Crippen LogP contribution is 2.31. The molecule has 1 saturated heterocycles. The van der Waals surface area contributed by atoms with Crippen LogP contribution < -0.4 is 0 Å². The Hall–Kier alpha value is -1.06. The maximum atomic E-state index is 11.8. The van der Waals surface area contributed by atoms with Crippen LogP contribution in [-0.4, -0.2) is 34.5 Å². The molecule has 4 nitrogen and oxygen atoms in total. The second-order valence-corrected chi connectivity index (χ2v) is 4.81. The lowest BCUT2D eigenvalue weighted by Crippen LogP contribution is -2.51. The summed E-state index contributed by atoms with van der Waals surface area (Å²) in [4.78, 5) is 24.4. The number of hydrogen-bond donors (Lipinski definition) is 1. The first-order valence-electron chi connectivity index (χ1n) is 5.98. The van der Waals surface area contributed by atoms with E-state index in [1.165, 1.54) is 0 Å². The van der Waals surface area contributed by atoms with Crippen LogP contribution in [0.3, 0.4) is 0 Å². The zero-order valence-corrected chi connectivity index (χ0v) is 10.3. The first kappa shape index (κ1) is 13.0. The summed E-state index contributed by atoms with van der Waals surface area (Å²) in [5.74, 6) is -0.174. The Morgan fingerprint density at radius 3 is 2.62 bits per heavy atom. The summed E-state index contributed by atoms with van der Waals surface area (Å²) in [6, 6.07) is 0.0855. The molecule has 0 aromatic rings. The molecule has 0 radical (unpaired) electrons. The largest absolute Gasteiger partial charge is 0.481 e. The summed E-state index contributed by atoms with van der Waals surface area (Å²) in [5, 5.41) is 8.89. The monoisotopic (exact) mass is 227 g/mol. The van der Waals surface area contributed by atoms with E-state index in [1.54, 1.807) is 0 Å². The molecular weight excluding hydrogens is 206 g/mol. The molecule has 0 aliphatic carbocycles. The number of amides is 1. The van der Waals surface area contributed by atoms with Crippen LogP contribution in [0.1, 0.15) is 40.0 Å². The summed E-state index contributed by atoms with van der Waals surface area (Å²) >= 11 is 0.